The van der Waals surface area contributed by atoms with Crippen molar-refractivity contribution < 1.29 is 0 Å². The van der Waals surface area contributed by atoms with Gasteiger partial charge in [-0.05, 0) is 32.8 Å². The van der Waals surface area contributed by atoms with E-state index in [9.17, 15) is 0 Å². The molecule has 0 aliphatic rings. The van der Waals surface area contributed by atoms with Crippen molar-refractivity contribution in [2.45, 2.75) is 40.5 Å². The van der Waals surface area contributed by atoms with Crippen molar-refractivity contribution >= 4 is 0 Å². The fourth-order valence-corrected chi connectivity index (χ4v) is 2.93. The Bertz CT molecular complexity index is 831. The van der Waals surface area contributed by atoms with Crippen LogP contribution in [0.4, 0.5) is 0 Å². The van der Waals surface area contributed by atoms with E-state index in [0.717, 1.165) is 35.6 Å². The molecule has 2 heteroatoms. The standard InChI is InChI=1S/C22H24N2/c1-5-6-20-17(4)23-22(19-13-9-16(3)10-14-19)24-21(20)18-11-7-15(2)8-12-18/h7-14H,5-6H2,1-4H3. The molecule has 0 bridgehead atoms. The predicted octanol–water partition coefficient (Wildman–Crippen LogP) is 5.69. The fraction of sp³-hybridized carbons (Fsp3) is 0.273. The third-order valence-corrected chi connectivity index (χ3v) is 4.35. The van der Waals surface area contributed by atoms with E-state index in [2.05, 4.69) is 76.2 Å². The van der Waals surface area contributed by atoms with Gasteiger partial charge in [0.2, 0.25) is 0 Å². The Balaban J connectivity index is 2.16. The maximum atomic E-state index is 4.94. The van der Waals surface area contributed by atoms with Crippen LogP contribution in [-0.2, 0) is 6.42 Å². The molecule has 24 heavy (non-hydrogen) atoms. The summed E-state index contributed by atoms with van der Waals surface area (Å²) in [7, 11) is 0. The van der Waals surface area contributed by atoms with Gasteiger partial charge in [0.15, 0.2) is 5.82 Å². The van der Waals surface area contributed by atoms with Gasteiger partial charge >= 0.3 is 0 Å². The lowest BCUT2D eigenvalue weighted by Crippen LogP contribution is -2.03. The maximum Gasteiger partial charge on any atom is 0.160 e. The number of hydrogen-bond donors (Lipinski definition) is 0. The fourth-order valence-electron chi connectivity index (χ4n) is 2.93. The SMILES string of the molecule is CCCc1c(C)nc(-c2ccc(C)cc2)nc1-c1ccc(C)cc1. The molecule has 122 valence electrons. The summed E-state index contributed by atoms with van der Waals surface area (Å²) in [6, 6.07) is 17.0. The van der Waals surface area contributed by atoms with Crippen LogP contribution in [0.3, 0.4) is 0 Å². The number of nitrogens with zero attached hydrogens (tertiary/aromatic N) is 2. The lowest BCUT2D eigenvalue weighted by Gasteiger charge is -2.14. The second-order valence-corrected chi connectivity index (χ2v) is 6.44. The number of rotatable bonds is 4. The molecule has 2 nitrogen and oxygen atoms in total. The Morgan fingerprint density at radius 3 is 1.79 bits per heavy atom. The number of aromatic nitrogens is 2. The molecule has 0 spiro atoms. The van der Waals surface area contributed by atoms with Gasteiger partial charge in [-0.1, -0.05) is 73.0 Å². The van der Waals surface area contributed by atoms with Crippen molar-refractivity contribution in [3.8, 4) is 22.6 Å². The minimum absolute atomic E-state index is 0.808. The topological polar surface area (TPSA) is 25.8 Å². The Morgan fingerprint density at radius 2 is 1.25 bits per heavy atom. The molecule has 1 heterocycles. The molecule has 1 aromatic heterocycles. The average Bonchev–Trinajstić information content (AvgIpc) is 2.58. The first-order valence-electron chi connectivity index (χ1n) is 8.60. The van der Waals surface area contributed by atoms with Gasteiger partial charge in [-0.15, -0.1) is 0 Å². The van der Waals surface area contributed by atoms with Gasteiger partial charge in [0, 0.05) is 16.8 Å². The summed E-state index contributed by atoms with van der Waals surface area (Å²) in [5.74, 6) is 0.808. The molecule has 0 N–H and O–H groups in total. The van der Waals surface area contributed by atoms with Crippen molar-refractivity contribution in [2.24, 2.45) is 0 Å². The monoisotopic (exact) mass is 316 g/mol. The van der Waals surface area contributed by atoms with Gasteiger partial charge in [-0.25, -0.2) is 9.97 Å². The van der Waals surface area contributed by atoms with E-state index >= 15 is 0 Å². The zero-order valence-electron chi connectivity index (χ0n) is 14.9. The third kappa shape index (κ3) is 3.38. The zero-order valence-corrected chi connectivity index (χ0v) is 14.9. The van der Waals surface area contributed by atoms with Crippen LogP contribution < -0.4 is 0 Å². The molecule has 0 aliphatic carbocycles. The summed E-state index contributed by atoms with van der Waals surface area (Å²) in [4.78, 5) is 9.73. The first kappa shape index (κ1) is 16.4. The van der Waals surface area contributed by atoms with Crippen LogP contribution in [-0.4, -0.2) is 9.97 Å². The Kier molecular flexibility index (Phi) is 4.75. The van der Waals surface area contributed by atoms with Gasteiger partial charge in [-0.2, -0.15) is 0 Å². The van der Waals surface area contributed by atoms with E-state index in [4.69, 9.17) is 9.97 Å². The molecule has 0 aliphatic heterocycles. The molecule has 0 atom stereocenters. The number of hydrogen-bond acceptors (Lipinski definition) is 2. The van der Waals surface area contributed by atoms with E-state index in [-0.39, 0.29) is 0 Å². The largest absolute Gasteiger partial charge is 0.233 e. The Morgan fingerprint density at radius 1 is 0.708 bits per heavy atom. The minimum Gasteiger partial charge on any atom is -0.233 e. The smallest absolute Gasteiger partial charge is 0.160 e. The maximum absolute atomic E-state index is 4.94. The lowest BCUT2D eigenvalue weighted by atomic mass is 9.99. The minimum atomic E-state index is 0.808. The van der Waals surface area contributed by atoms with Crippen LogP contribution in [0.25, 0.3) is 22.6 Å². The third-order valence-electron chi connectivity index (χ3n) is 4.35. The quantitative estimate of drug-likeness (QED) is 0.618. The molecule has 0 saturated carbocycles. The molecule has 0 unspecified atom stereocenters. The lowest BCUT2D eigenvalue weighted by molar-refractivity contribution is 0.888. The highest BCUT2D eigenvalue weighted by Gasteiger charge is 2.14. The second-order valence-electron chi connectivity index (χ2n) is 6.44. The summed E-state index contributed by atoms with van der Waals surface area (Å²) < 4.78 is 0. The number of aryl methyl sites for hydroxylation is 3. The Hall–Kier alpha value is -2.48. The highest BCUT2D eigenvalue weighted by atomic mass is 14.9. The van der Waals surface area contributed by atoms with Crippen molar-refractivity contribution in [3.05, 3.63) is 70.9 Å². The molecular formula is C22H24N2. The van der Waals surface area contributed by atoms with Crippen molar-refractivity contribution in [2.75, 3.05) is 0 Å². The highest BCUT2D eigenvalue weighted by molar-refractivity contribution is 5.68. The summed E-state index contributed by atoms with van der Waals surface area (Å²) >= 11 is 0. The van der Waals surface area contributed by atoms with Crippen molar-refractivity contribution in [1.29, 1.82) is 0 Å². The van der Waals surface area contributed by atoms with Gasteiger partial charge < -0.3 is 0 Å². The molecule has 2 aromatic carbocycles. The van der Waals surface area contributed by atoms with Crippen LogP contribution in [0.2, 0.25) is 0 Å². The summed E-state index contributed by atoms with van der Waals surface area (Å²) in [6.45, 7) is 8.51. The molecule has 3 rings (SSSR count). The van der Waals surface area contributed by atoms with E-state index < -0.39 is 0 Å². The van der Waals surface area contributed by atoms with Crippen LogP contribution in [0.15, 0.2) is 48.5 Å². The molecule has 0 amide bonds. The highest BCUT2D eigenvalue weighted by Crippen LogP contribution is 2.28. The summed E-state index contributed by atoms with van der Waals surface area (Å²) in [5, 5.41) is 0. The normalized spacial score (nSPS) is 10.8. The molecular weight excluding hydrogens is 292 g/mol. The second kappa shape index (κ2) is 6.96. The van der Waals surface area contributed by atoms with Gasteiger partial charge in [0.05, 0.1) is 5.69 Å². The van der Waals surface area contributed by atoms with Gasteiger partial charge in [0.25, 0.3) is 0 Å². The molecule has 0 saturated heterocycles. The van der Waals surface area contributed by atoms with Crippen LogP contribution >= 0.6 is 0 Å². The average molecular weight is 316 g/mol. The summed E-state index contributed by atoms with van der Waals surface area (Å²) in [6.07, 6.45) is 2.09. The van der Waals surface area contributed by atoms with Gasteiger partial charge in [-0.3, -0.25) is 0 Å². The van der Waals surface area contributed by atoms with Crippen LogP contribution in [0.5, 0.6) is 0 Å². The molecule has 0 radical (unpaired) electrons. The first-order valence-corrected chi connectivity index (χ1v) is 8.60. The Labute approximate surface area is 144 Å². The molecule has 0 fully saturated rings. The van der Waals surface area contributed by atoms with Crippen LogP contribution in [0.1, 0.15) is 35.7 Å². The van der Waals surface area contributed by atoms with Crippen molar-refractivity contribution in [1.82, 2.24) is 9.97 Å². The van der Waals surface area contributed by atoms with Gasteiger partial charge in [0.1, 0.15) is 0 Å². The van der Waals surface area contributed by atoms with E-state index in [1.165, 1.54) is 22.3 Å². The van der Waals surface area contributed by atoms with Crippen molar-refractivity contribution in [3.63, 3.8) is 0 Å². The number of benzene rings is 2. The first-order chi connectivity index (χ1) is 11.6. The zero-order chi connectivity index (χ0) is 17.1. The molecule has 3 aromatic rings. The van der Waals surface area contributed by atoms with E-state index in [1.54, 1.807) is 0 Å². The summed E-state index contributed by atoms with van der Waals surface area (Å²) in [5.41, 5.74) is 8.16. The van der Waals surface area contributed by atoms with E-state index in [1.807, 2.05) is 0 Å². The van der Waals surface area contributed by atoms with Crippen LogP contribution in [0, 0.1) is 20.8 Å². The predicted molar refractivity (Wildman–Crippen MR) is 101 cm³/mol. The van der Waals surface area contributed by atoms with E-state index in [0.29, 0.717) is 0 Å².